The summed E-state index contributed by atoms with van der Waals surface area (Å²) >= 11 is 1.48. The molecule has 3 heterocycles. The van der Waals surface area contributed by atoms with Crippen molar-refractivity contribution >= 4 is 44.0 Å². The van der Waals surface area contributed by atoms with Crippen molar-refractivity contribution in [1.82, 2.24) is 4.90 Å². The number of thioether (sulfide) groups is 1. The molecule has 9 heteroatoms. The highest BCUT2D eigenvalue weighted by Gasteiger charge is 2.42. The van der Waals surface area contributed by atoms with Crippen LogP contribution in [-0.2, 0) is 9.84 Å². The molecule has 0 saturated carbocycles. The lowest BCUT2D eigenvalue weighted by Crippen LogP contribution is -2.49. The Morgan fingerprint density at radius 3 is 2.61 bits per heavy atom. The van der Waals surface area contributed by atoms with Crippen LogP contribution < -0.4 is 10.2 Å². The first-order valence-electron chi connectivity index (χ1n) is 11.2. The molecule has 7 nitrogen and oxygen atoms in total. The molecular formula is C24H28N4O3S2. The van der Waals surface area contributed by atoms with Crippen molar-refractivity contribution in [3.05, 3.63) is 59.2 Å². The number of anilines is 2. The Morgan fingerprint density at radius 1 is 1.06 bits per heavy atom. The highest BCUT2D eigenvalue weighted by Crippen LogP contribution is 2.34. The molecule has 2 aromatic carbocycles. The number of aliphatic imine (C=N–C) groups is 1. The first kappa shape index (κ1) is 22.3. The van der Waals surface area contributed by atoms with Crippen LogP contribution in [0.15, 0.2) is 47.5 Å². The van der Waals surface area contributed by atoms with Gasteiger partial charge in [-0.05, 0) is 49.2 Å². The number of aryl methyl sites for hydroxylation is 2. The number of carbonyl (C=O) groups excluding carboxylic acids is 1. The molecule has 2 aromatic rings. The Labute approximate surface area is 199 Å². The van der Waals surface area contributed by atoms with E-state index < -0.39 is 9.84 Å². The highest BCUT2D eigenvalue weighted by molar-refractivity contribution is 8.15. The van der Waals surface area contributed by atoms with Gasteiger partial charge in [-0.25, -0.2) is 8.42 Å². The topological polar surface area (TPSA) is 82.1 Å². The Morgan fingerprint density at radius 2 is 1.85 bits per heavy atom. The molecule has 0 aliphatic carbocycles. The molecule has 1 N–H and O–H groups in total. The van der Waals surface area contributed by atoms with E-state index in [0.29, 0.717) is 18.7 Å². The van der Waals surface area contributed by atoms with E-state index in [1.165, 1.54) is 28.6 Å². The smallest absolute Gasteiger partial charge is 0.254 e. The van der Waals surface area contributed by atoms with Crippen molar-refractivity contribution in [2.45, 2.75) is 25.1 Å². The number of nitrogens with zero attached hydrogens (tertiary/aromatic N) is 3. The molecule has 0 spiro atoms. The van der Waals surface area contributed by atoms with E-state index in [4.69, 9.17) is 0 Å². The number of hydrogen-bond donors (Lipinski definition) is 1. The maximum absolute atomic E-state index is 13.2. The minimum Gasteiger partial charge on any atom is -0.368 e. The zero-order chi connectivity index (χ0) is 23.2. The average Bonchev–Trinajstić information content (AvgIpc) is 3.27. The number of sulfone groups is 1. The quantitative estimate of drug-likeness (QED) is 0.722. The fraction of sp³-hybridized carbons (Fsp3) is 0.417. The van der Waals surface area contributed by atoms with Gasteiger partial charge in [0.2, 0.25) is 0 Å². The predicted molar refractivity (Wildman–Crippen MR) is 135 cm³/mol. The summed E-state index contributed by atoms with van der Waals surface area (Å²) < 4.78 is 23.5. The summed E-state index contributed by atoms with van der Waals surface area (Å²) in [6.45, 7) is 7.23. The molecule has 5 rings (SSSR count). The second kappa shape index (κ2) is 8.68. The monoisotopic (exact) mass is 484 g/mol. The van der Waals surface area contributed by atoms with Crippen LogP contribution in [0.4, 0.5) is 11.4 Å². The van der Waals surface area contributed by atoms with Gasteiger partial charge in [-0.1, -0.05) is 30.0 Å². The second-order valence-electron chi connectivity index (χ2n) is 9.01. The minimum absolute atomic E-state index is 0.00403. The summed E-state index contributed by atoms with van der Waals surface area (Å²) in [6, 6.07) is 13.8. The van der Waals surface area contributed by atoms with Crippen LogP contribution in [0, 0.1) is 13.8 Å². The van der Waals surface area contributed by atoms with Gasteiger partial charge < -0.3 is 15.1 Å². The average molecular weight is 485 g/mol. The SMILES string of the molecule is Cc1ccc(C)c(N2CCN(C(=O)c3cccc(NC4=N[C@@H]5CS(=O)(=O)C[C@@H]5S4)c3)CC2)c1. The summed E-state index contributed by atoms with van der Waals surface area (Å²) in [6.07, 6.45) is 0. The maximum Gasteiger partial charge on any atom is 0.254 e. The molecule has 0 bridgehead atoms. The largest absolute Gasteiger partial charge is 0.368 e. The second-order valence-corrected chi connectivity index (χ2v) is 12.4. The Hall–Kier alpha value is -2.52. The van der Waals surface area contributed by atoms with E-state index in [0.717, 1.165) is 23.9 Å². The number of amidine groups is 1. The van der Waals surface area contributed by atoms with Gasteiger partial charge in [-0.3, -0.25) is 9.79 Å². The van der Waals surface area contributed by atoms with Crippen LogP contribution in [-0.4, -0.2) is 73.4 Å². The van der Waals surface area contributed by atoms with Crippen LogP contribution in [0.2, 0.25) is 0 Å². The van der Waals surface area contributed by atoms with E-state index in [-0.39, 0.29) is 28.7 Å². The standard InChI is InChI=1S/C24H28N4O3S2/c1-16-6-7-17(2)21(12-16)27-8-10-28(11-9-27)23(29)18-4-3-5-19(13-18)25-24-26-20-14-33(30,31)15-22(20)32-24/h3-7,12-13,20,22H,8-11,14-15H2,1-2H3,(H,25,26)/t20-,22+/m1/s1. The van der Waals surface area contributed by atoms with E-state index >= 15 is 0 Å². The van der Waals surface area contributed by atoms with Gasteiger partial charge in [0.15, 0.2) is 15.0 Å². The molecule has 174 valence electrons. The number of hydrogen-bond acceptors (Lipinski definition) is 7. The number of benzene rings is 2. The molecule has 2 atom stereocenters. The van der Waals surface area contributed by atoms with Crippen LogP contribution >= 0.6 is 11.8 Å². The number of nitrogens with one attached hydrogen (secondary N) is 1. The molecule has 0 aromatic heterocycles. The van der Waals surface area contributed by atoms with E-state index in [2.05, 4.69) is 47.3 Å². The Balaban J connectivity index is 1.22. The molecule has 0 radical (unpaired) electrons. The lowest BCUT2D eigenvalue weighted by atomic mass is 10.1. The normalized spacial score (nSPS) is 23.9. The lowest BCUT2D eigenvalue weighted by molar-refractivity contribution is 0.0747. The van der Waals surface area contributed by atoms with Crippen molar-refractivity contribution in [1.29, 1.82) is 0 Å². The maximum atomic E-state index is 13.2. The van der Waals surface area contributed by atoms with Gasteiger partial charge in [-0.2, -0.15) is 0 Å². The zero-order valence-electron chi connectivity index (χ0n) is 18.8. The van der Waals surface area contributed by atoms with E-state index in [9.17, 15) is 13.2 Å². The molecule has 1 amide bonds. The number of fused-ring (bicyclic) bond motifs is 1. The van der Waals surface area contributed by atoms with Crippen LogP contribution in [0.25, 0.3) is 0 Å². The lowest BCUT2D eigenvalue weighted by Gasteiger charge is -2.37. The Kier molecular flexibility index (Phi) is 5.86. The molecule has 0 unspecified atom stereocenters. The van der Waals surface area contributed by atoms with Crippen molar-refractivity contribution in [3.8, 4) is 0 Å². The summed E-state index contributed by atoms with van der Waals surface area (Å²) in [5, 5.41) is 4.00. The van der Waals surface area contributed by atoms with Gasteiger partial charge in [0.1, 0.15) is 0 Å². The minimum atomic E-state index is -2.97. The van der Waals surface area contributed by atoms with E-state index in [1.807, 2.05) is 29.2 Å². The molecule has 33 heavy (non-hydrogen) atoms. The zero-order valence-corrected chi connectivity index (χ0v) is 20.5. The molecule has 3 aliphatic rings. The summed E-state index contributed by atoms with van der Waals surface area (Å²) in [5.41, 5.74) is 5.19. The fourth-order valence-corrected chi connectivity index (χ4v) is 8.34. The first-order chi connectivity index (χ1) is 15.8. The van der Waals surface area contributed by atoms with Gasteiger partial charge in [-0.15, -0.1) is 0 Å². The first-order valence-corrected chi connectivity index (χ1v) is 13.9. The third-order valence-electron chi connectivity index (χ3n) is 6.45. The number of amides is 1. The summed E-state index contributed by atoms with van der Waals surface area (Å²) in [7, 11) is -2.97. The number of carbonyl (C=O) groups is 1. The van der Waals surface area contributed by atoms with Gasteiger partial charge in [0.25, 0.3) is 5.91 Å². The predicted octanol–water partition coefficient (Wildman–Crippen LogP) is 2.95. The fourth-order valence-electron chi connectivity index (χ4n) is 4.66. The molecule has 2 fully saturated rings. The van der Waals surface area contributed by atoms with Crippen molar-refractivity contribution in [2.24, 2.45) is 4.99 Å². The number of piperazine rings is 1. The van der Waals surface area contributed by atoms with Gasteiger partial charge in [0.05, 0.1) is 17.5 Å². The Bertz CT molecular complexity index is 1220. The van der Waals surface area contributed by atoms with Crippen LogP contribution in [0.3, 0.4) is 0 Å². The van der Waals surface area contributed by atoms with Crippen molar-refractivity contribution in [3.63, 3.8) is 0 Å². The highest BCUT2D eigenvalue weighted by atomic mass is 32.2. The third kappa shape index (κ3) is 4.75. The van der Waals surface area contributed by atoms with Gasteiger partial charge >= 0.3 is 0 Å². The van der Waals surface area contributed by atoms with Crippen molar-refractivity contribution < 1.29 is 13.2 Å². The van der Waals surface area contributed by atoms with Gasteiger partial charge in [0, 0.05) is 48.4 Å². The molecule has 2 saturated heterocycles. The number of rotatable bonds is 3. The molecule has 3 aliphatic heterocycles. The third-order valence-corrected chi connectivity index (χ3v) is 9.59. The van der Waals surface area contributed by atoms with E-state index in [1.54, 1.807) is 0 Å². The van der Waals surface area contributed by atoms with Crippen molar-refractivity contribution in [2.75, 3.05) is 47.9 Å². The van der Waals surface area contributed by atoms with Crippen LogP contribution in [0.1, 0.15) is 21.5 Å². The summed E-state index contributed by atoms with van der Waals surface area (Å²) in [5.74, 6) is 0.342. The van der Waals surface area contributed by atoms with Crippen LogP contribution in [0.5, 0.6) is 0 Å². The summed E-state index contributed by atoms with van der Waals surface area (Å²) in [4.78, 5) is 22.0. The molecular weight excluding hydrogens is 456 g/mol.